The number of nitrogens with zero attached hydrogens (tertiary/aromatic N) is 5. The van der Waals surface area contributed by atoms with Crippen LogP contribution in [0.1, 0.15) is 25.3 Å². The monoisotopic (exact) mass is 393 g/mol. The number of aromatic nitrogens is 2. The highest BCUT2D eigenvalue weighted by Gasteiger charge is 2.62. The Morgan fingerprint density at radius 2 is 1.81 bits per heavy atom. The number of carbonyl (C=O) groups excluding carboxylic acids is 1. The Balaban J connectivity index is 1.58. The Labute approximate surface area is 160 Å². The van der Waals surface area contributed by atoms with Crippen LogP contribution in [0.2, 0.25) is 0 Å². The van der Waals surface area contributed by atoms with Crippen LogP contribution in [0.25, 0.3) is 0 Å². The van der Waals surface area contributed by atoms with Crippen molar-refractivity contribution in [3.8, 4) is 0 Å². The van der Waals surface area contributed by atoms with Crippen molar-refractivity contribution in [2.24, 2.45) is 11.8 Å². The van der Waals surface area contributed by atoms with Crippen molar-refractivity contribution >= 4 is 21.9 Å². The Morgan fingerprint density at radius 3 is 2.37 bits per heavy atom. The molecule has 0 saturated carbocycles. The van der Waals surface area contributed by atoms with E-state index in [1.807, 2.05) is 31.1 Å². The maximum Gasteiger partial charge on any atom is 0.227 e. The summed E-state index contributed by atoms with van der Waals surface area (Å²) in [4.78, 5) is 26.1. The molecule has 1 aromatic heterocycles. The van der Waals surface area contributed by atoms with Crippen molar-refractivity contribution in [2.45, 2.75) is 32.2 Å². The molecule has 9 heteroatoms. The number of likely N-dealkylation sites (tertiary alicyclic amines) is 1. The summed E-state index contributed by atoms with van der Waals surface area (Å²) in [5, 5.41) is 0. The lowest BCUT2D eigenvalue weighted by molar-refractivity contribution is -0.134. The highest BCUT2D eigenvalue weighted by molar-refractivity contribution is 7.88. The molecule has 3 aliphatic heterocycles. The van der Waals surface area contributed by atoms with Crippen molar-refractivity contribution in [1.82, 2.24) is 19.2 Å². The summed E-state index contributed by atoms with van der Waals surface area (Å²) in [7, 11) is -3.27. The Bertz CT molecular complexity index is 833. The predicted molar refractivity (Wildman–Crippen MR) is 102 cm³/mol. The minimum absolute atomic E-state index is 0.0701. The topological polar surface area (TPSA) is 86.7 Å². The molecule has 0 N–H and O–H groups in total. The van der Waals surface area contributed by atoms with Gasteiger partial charge in [0.1, 0.15) is 0 Å². The van der Waals surface area contributed by atoms with Crippen LogP contribution in [0.3, 0.4) is 0 Å². The third kappa shape index (κ3) is 2.91. The van der Waals surface area contributed by atoms with E-state index in [1.165, 1.54) is 10.6 Å². The zero-order chi connectivity index (χ0) is 19.4. The van der Waals surface area contributed by atoms with Gasteiger partial charge in [-0.1, -0.05) is 0 Å². The summed E-state index contributed by atoms with van der Waals surface area (Å²) in [5.41, 5.74) is 0.775. The van der Waals surface area contributed by atoms with E-state index in [0.29, 0.717) is 19.6 Å². The first-order chi connectivity index (χ1) is 12.8. The van der Waals surface area contributed by atoms with Gasteiger partial charge in [-0.3, -0.25) is 4.79 Å². The number of sulfonamides is 1. The number of aryl methyl sites for hydroxylation is 1. The fourth-order valence-electron chi connectivity index (χ4n) is 5.21. The lowest BCUT2D eigenvalue weighted by Crippen LogP contribution is -2.57. The minimum Gasteiger partial charge on any atom is -0.341 e. The van der Waals surface area contributed by atoms with Crippen LogP contribution in [-0.2, 0) is 14.8 Å². The molecule has 3 saturated heterocycles. The summed E-state index contributed by atoms with van der Waals surface area (Å²) in [6.07, 6.45) is 6.52. The molecule has 2 atom stereocenters. The fourth-order valence-corrected chi connectivity index (χ4v) is 6.07. The number of amides is 1. The van der Waals surface area contributed by atoms with Crippen LogP contribution in [0.15, 0.2) is 12.4 Å². The minimum atomic E-state index is -3.27. The quantitative estimate of drug-likeness (QED) is 0.743. The number of carbonyl (C=O) groups is 1. The van der Waals surface area contributed by atoms with Crippen LogP contribution < -0.4 is 4.90 Å². The average Bonchev–Trinajstić information content (AvgIpc) is 3.16. The second kappa shape index (κ2) is 6.41. The van der Waals surface area contributed by atoms with Gasteiger partial charge in [0, 0.05) is 51.0 Å². The summed E-state index contributed by atoms with van der Waals surface area (Å²) < 4.78 is 25.6. The van der Waals surface area contributed by atoms with E-state index < -0.39 is 10.0 Å². The molecule has 0 aliphatic carbocycles. The fraction of sp³-hybridized carbons (Fsp3) is 0.722. The highest BCUT2D eigenvalue weighted by atomic mass is 32.2. The number of hydrogen-bond acceptors (Lipinski definition) is 6. The zero-order valence-corrected chi connectivity index (χ0v) is 16.9. The lowest BCUT2D eigenvalue weighted by atomic mass is 9.75. The normalized spacial score (nSPS) is 28.2. The van der Waals surface area contributed by atoms with Crippen LogP contribution in [0.5, 0.6) is 0 Å². The Kier molecular flexibility index (Phi) is 4.42. The van der Waals surface area contributed by atoms with E-state index in [9.17, 15) is 13.2 Å². The molecule has 3 fully saturated rings. The van der Waals surface area contributed by atoms with E-state index >= 15 is 0 Å². The molecule has 4 rings (SSSR count). The van der Waals surface area contributed by atoms with Crippen LogP contribution in [0, 0.1) is 18.8 Å². The number of fused-ring (bicyclic) bond motifs is 2. The van der Waals surface area contributed by atoms with Gasteiger partial charge in [0.25, 0.3) is 0 Å². The van der Waals surface area contributed by atoms with Crippen LogP contribution in [0.4, 0.5) is 5.95 Å². The Hall–Kier alpha value is -1.74. The first kappa shape index (κ1) is 18.6. The largest absolute Gasteiger partial charge is 0.341 e. The zero-order valence-electron chi connectivity index (χ0n) is 16.1. The van der Waals surface area contributed by atoms with E-state index in [1.54, 1.807) is 0 Å². The molecule has 8 nitrogen and oxygen atoms in total. The van der Waals surface area contributed by atoms with Crippen molar-refractivity contribution in [3.63, 3.8) is 0 Å². The number of hydrogen-bond donors (Lipinski definition) is 0. The van der Waals surface area contributed by atoms with Gasteiger partial charge in [0.05, 0.1) is 17.7 Å². The molecule has 1 spiro atoms. The number of rotatable bonds is 3. The van der Waals surface area contributed by atoms with Gasteiger partial charge in [0.15, 0.2) is 0 Å². The second-order valence-electron chi connectivity index (χ2n) is 8.03. The van der Waals surface area contributed by atoms with Crippen LogP contribution in [-0.4, -0.2) is 78.0 Å². The molecule has 1 amide bonds. The maximum absolute atomic E-state index is 13.0. The average molecular weight is 394 g/mol. The SMILES string of the molecule is CCN1C(=O)[C@@H]2CN(S(C)(=O)=O)C[C@@H]2C12CCN(c1ncc(C)cn1)CC2. The van der Waals surface area contributed by atoms with Gasteiger partial charge in [0.2, 0.25) is 21.9 Å². The summed E-state index contributed by atoms with van der Waals surface area (Å²) in [6, 6.07) is 0. The van der Waals surface area contributed by atoms with E-state index in [0.717, 1.165) is 37.4 Å². The third-order valence-corrected chi connectivity index (χ3v) is 7.80. The van der Waals surface area contributed by atoms with Gasteiger partial charge < -0.3 is 9.80 Å². The van der Waals surface area contributed by atoms with Gasteiger partial charge in [-0.25, -0.2) is 22.7 Å². The van der Waals surface area contributed by atoms with E-state index in [4.69, 9.17) is 0 Å². The van der Waals surface area contributed by atoms with Crippen molar-refractivity contribution in [2.75, 3.05) is 43.9 Å². The molecule has 3 aliphatic rings. The van der Waals surface area contributed by atoms with Gasteiger partial charge in [-0.15, -0.1) is 0 Å². The molecule has 27 heavy (non-hydrogen) atoms. The molecule has 1 aromatic rings. The highest BCUT2D eigenvalue weighted by Crippen LogP contribution is 2.50. The standard InChI is InChI=1S/C18H27N5O3S/c1-4-23-16(24)14-11-22(27(3,25)26)12-15(14)18(23)5-7-21(8-6-18)17-19-9-13(2)10-20-17/h9-10,14-15H,4-8,11-12H2,1-3H3/t14-,15+/m1/s1. The molecule has 0 radical (unpaired) electrons. The van der Waals surface area contributed by atoms with Crippen molar-refractivity contribution in [3.05, 3.63) is 18.0 Å². The van der Waals surface area contributed by atoms with Crippen molar-refractivity contribution < 1.29 is 13.2 Å². The molecule has 0 aromatic carbocycles. The summed E-state index contributed by atoms with van der Waals surface area (Å²) >= 11 is 0. The smallest absolute Gasteiger partial charge is 0.227 e. The molecular weight excluding hydrogens is 366 g/mol. The molecule has 148 valence electrons. The predicted octanol–water partition coefficient (Wildman–Crippen LogP) is 0.494. The summed E-state index contributed by atoms with van der Waals surface area (Å²) in [5.74, 6) is 0.708. The maximum atomic E-state index is 13.0. The van der Waals surface area contributed by atoms with Gasteiger partial charge >= 0.3 is 0 Å². The third-order valence-electron chi connectivity index (χ3n) is 6.56. The molecule has 4 heterocycles. The summed E-state index contributed by atoms with van der Waals surface area (Å²) in [6.45, 7) is 6.98. The first-order valence-corrected chi connectivity index (χ1v) is 11.4. The second-order valence-corrected chi connectivity index (χ2v) is 10.0. The van der Waals surface area contributed by atoms with Gasteiger partial charge in [-0.05, 0) is 32.3 Å². The number of piperidine rings is 1. The van der Waals surface area contributed by atoms with Crippen LogP contribution >= 0.6 is 0 Å². The van der Waals surface area contributed by atoms with Gasteiger partial charge in [-0.2, -0.15) is 0 Å². The van der Waals surface area contributed by atoms with E-state index in [2.05, 4.69) is 14.9 Å². The van der Waals surface area contributed by atoms with Crippen molar-refractivity contribution in [1.29, 1.82) is 0 Å². The number of anilines is 1. The Morgan fingerprint density at radius 1 is 1.19 bits per heavy atom. The lowest BCUT2D eigenvalue weighted by Gasteiger charge is -2.47. The molecular formula is C18H27N5O3S. The first-order valence-electron chi connectivity index (χ1n) is 9.56. The molecule has 0 bridgehead atoms. The van der Waals surface area contributed by atoms with E-state index in [-0.39, 0.29) is 23.3 Å². The molecule has 0 unspecified atom stereocenters.